The summed E-state index contributed by atoms with van der Waals surface area (Å²) in [4.78, 5) is 4.33. The maximum absolute atomic E-state index is 13.6. The van der Waals surface area contributed by atoms with Crippen molar-refractivity contribution in [1.29, 1.82) is 5.26 Å². The molecule has 9 heteroatoms. The van der Waals surface area contributed by atoms with Gasteiger partial charge in [0, 0.05) is 10.9 Å². The van der Waals surface area contributed by atoms with E-state index in [4.69, 9.17) is 20.5 Å². The van der Waals surface area contributed by atoms with Gasteiger partial charge in [0.1, 0.15) is 15.8 Å². The van der Waals surface area contributed by atoms with Gasteiger partial charge in [-0.1, -0.05) is 0 Å². The van der Waals surface area contributed by atoms with E-state index >= 15 is 0 Å². The van der Waals surface area contributed by atoms with Gasteiger partial charge in [-0.3, -0.25) is 0 Å². The molecule has 1 aromatic carbocycles. The number of aromatic nitrogens is 1. The van der Waals surface area contributed by atoms with Gasteiger partial charge in [-0.2, -0.15) is 18.4 Å². The topological polar surface area (TPSA) is 81.2 Å². The third kappa shape index (κ3) is 2.88. The summed E-state index contributed by atoms with van der Waals surface area (Å²) >= 11 is 0.827. The van der Waals surface area contributed by atoms with Crippen LogP contribution in [0.3, 0.4) is 0 Å². The first-order chi connectivity index (χ1) is 12.3. The van der Waals surface area contributed by atoms with Crippen LogP contribution in [-0.4, -0.2) is 19.2 Å². The van der Waals surface area contributed by atoms with Crippen LogP contribution >= 0.6 is 11.3 Å². The molecular formula is C17H12F3N3O2S. The molecule has 0 aliphatic heterocycles. The molecule has 2 N–H and O–H groups in total. The van der Waals surface area contributed by atoms with E-state index < -0.39 is 11.7 Å². The van der Waals surface area contributed by atoms with Crippen molar-refractivity contribution in [3.63, 3.8) is 0 Å². The quantitative estimate of drug-likeness (QED) is 0.727. The van der Waals surface area contributed by atoms with Gasteiger partial charge < -0.3 is 15.2 Å². The summed E-state index contributed by atoms with van der Waals surface area (Å²) in [6, 6.07) is 7.43. The van der Waals surface area contributed by atoms with Crippen molar-refractivity contribution in [3.05, 3.63) is 34.7 Å². The lowest BCUT2D eigenvalue weighted by molar-refractivity contribution is -0.136. The normalized spacial score (nSPS) is 11.4. The zero-order valence-electron chi connectivity index (χ0n) is 13.6. The Morgan fingerprint density at radius 2 is 1.85 bits per heavy atom. The number of hydrogen-bond acceptors (Lipinski definition) is 6. The highest BCUT2D eigenvalue weighted by atomic mass is 32.1. The number of hydrogen-bond donors (Lipinski definition) is 1. The number of nitrogen functional groups attached to an aromatic ring is 1. The van der Waals surface area contributed by atoms with Crippen LogP contribution in [0.25, 0.3) is 21.5 Å². The van der Waals surface area contributed by atoms with Crippen LogP contribution in [-0.2, 0) is 6.18 Å². The van der Waals surface area contributed by atoms with Crippen molar-refractivity contribution in [3.8, 4) is 28.8 Å². The van der Waals surface area contributed by atoms with Gasteiger partial charge >= 0.3 is 6.18 Å². The molecule has 0 unspecified atom stereocenters. The third-order valence-corrected chi connectivity index (χ3v) is 4.79. The number of thiophene rings is 1. The molecule has 0 atom stereocenters. The fraction of sp³-hybridized carbons (Fsp3) is 0.176. The van der Waals surface area contributed by atoms with E-state index in [0.717, 1.165) is 17.4 Å². The molecule has 0 amide bonds. The van der Waals surface area contributed by atoms with Crippen LogP contribution in [0, 0.1) is 11.3 Å². The van der Waals surface area contributed by atoms with Gasteiger partial charge in [-0.15, -0.1) is 11.3 Å². The molecule has 0 saturated heterocycles. The van der Waals surface area contributed by atoms with Gasteiger partial charge in [0.2, 0.25) is 0 Å². The van der Waals surface area contributed by atoms with Crippen molar-refractivity contribution < 1.29 is 22.6 Å². The number of pyridine rings is 1. The fourth-order valence-electron chi connectivity index (χ4n) is 2.57. The molecule has 0 aliphatic carbocycles. The Bertz CT molecular complexity index is 1040. The first kappa shape index (κ1) is 17.8. The van der Waals surface area contributed by atoms with Crippen molar-refractivity contribution in [1.82, 2.24) is 4.98 Å². The molecule has 0 bridgehead atoms. The molecule has 3 aromatic rings. The van der Waals surface area contributed by atoms with E-state index in [1.54, 1.807) is 18.2 Å². The number of ether oxygens (including phenoxy) is 2. The minimum absolute atomic E-state index is 0.00228. The SMILES string of the molecule is COc1ccc(-c2cc(C(F)(F)F)c3c(N)c(C#N)sc3n2)cc1OC. The summed E-state index contributed by atoms with van der Waals surface area (Å²) in [6.45, 7) is 0. The Balaban J connectivity index is 2.30. The van der Waals surface area contributed by atoms with Crippen LogP contribution in [0.1, 0.15) is 10.4 Å². The predicted octanol–water partition coefficient (Wildman–Crippen LogP) is 4.45. The fourth-order valence-corrected chi connectivity index (χ4v) is 3.49. The molecular weight excluding hydrogens is 367 g/mol. The largest absolute Gasteiger partial charge is 0.493 e. The molecule has 0 spiro atoms. The summed E-state index contributed by atoms with van der Waals surface area (Å²) < 4.78 is 51.0. The summed E-state index contributed by atoms with van der Waals surface area (Å²) in [6.07, 6.45) is -4.64. The Kier molecular flexibility index (Phi) is 4.38. The minimum atomic E-state index is -4.64. The second kappa shape index (κ2) is 6.38. The van der Waals surface area contributed by atoms with Crippen LogP contribution in [0.4, 0.5) is 18.9 Å². The lowest BCUT2D eigenvalue weighted by Gasteiger charge is -2.13. The number of methoxy groups -OCH3 is 2. The number of fused-ring (bicyclic) bond motifs is 1. The van der Waals surface area contributed by atoms with E-state index in [0.29, 0.717) is 17.1 Å². The highest BCUT2D eigenvalue weighted by Gasteiger charge is 2.35. The zero-order chi connectivity index (χ0) is 19.1. The van der Waals surface area contributed by atoms with E-state index in [2.05, 4.69) is 4.98 Å². The summed E-state index contributed by atoms with van der Waals surface area (Å²) in [7, 11) is 2.89. The molecule has 26 heavy (non-hydrogen) atoms. The number of nitrogens with two attached hydrogens (primary N) is 1. The first-order valence-corrected chi connectivity index (χ1v) is 8.04. The summed E-state index contributed by atoms with van der Waals surface area (Å²) in [5, 5.41) is 8.82. The van der Waals surface area contributed by atoms with Crippen LogP contribution in [0.15, 0.2) is 24.3 Å². The Labute approximate surface area is 150 Å². The summed E-state index contributed by atoms with van der Waals surface area (Å²) in [5.41, 5.74) is 5.11. The predicted molar refractivity (Wildman–Crippen MR) is 92.3 cm³/mol. The van der Waals surface area contributed by atoms with Crippen LogP contribution < -0.4 is 15.2 Å². The molecule has 2 heterocycles. The number of nitrogens with zero attached hydrogens (tertiary/aromatic N) is 2. The Morgan fingerprint density at radius 1 is 1.15 bits per heavy atom. The van der Waals surface area contributed by atoms with Gasteiger partial charge in [0.05, 0.1) is 31.2 Å². The number of benzene rings is 1. The second-order valence-corrected chi connectivity index (χ2v) is 6.26. The smallest absolute Gasteiger partial charge is 0.417 e. The lowest BCUT2D eigenvalue weighted by Crippen LogP contribution is -2.07. The highest BCUT2D eigenvalue weighted by Crippen LogP contribution is 2.43. The van der Waals surface area contributed by atoms with Crippen molar-refractivity contribution >= 4 is 27.2 Å². The Morgan fingerprint density at radius 3 is 2.42 bits per heavy atom. The van der Waals surface area contributed by atoms with E-state index in [1.165, 1.54) is 20.3 Å². The van der Waals surface area contributed by atoms with Gasteiger partial charge in [-0.05, 0) is 24.3 Å². The van der Waals surface area contributed by atoms with Gasteiger partial charge in [-0.25, -0.2) is 4.98 Å². The summed E-state index contributed by atoms with van der Waals surface area (Å²) in [5.74, 6) is 0.810. The first-order valence-electron chi connectivity index (χ1n) is 7.22. The van der Waals surface area contributed by atoms with Crippen molar-refractivity contribution in [2.45, 2.75) is 6.18 Å². The number of rotatable bonds is 3. The van der Waals surface area contributed by atoms with Crippen LogP contribution in [0.5, 0.6) is 11.5 Å². The molecule has 0 radical (unpaired) electrons. The molecule has 2 aromatic heterocycles. The molecule has 5 nitrogen and oxygen atoms in total. The van der Waals surface area contributed by atoms with Crippen LogP contribution in [0.2, 0.25) is 0 Å². The van der Waals surface area contributed by atoms with E-state index in [1.807, 2.05) is 0 Å². The third-order valence-electron chi connectivity index (χ3n) is 3.79. The zero-order valence-corrected chi connectivity index (χ0v) is 14.5. The second-order valence-electron chi connectivity index (χ2n) is 5.26. The maximum Gasteiger partial charge on any atom is 0.417 e. The number of nitriles is 1. The number of anilines is 1. The minimum Gasteiger partial charge on any atom is -0.493 e. The average Bonchev–Trinajstić information content (AvgIpc) is 2.95. The number of halogens is 3. The molecule has 0 fully saturated rings. The highest BCUT2D eigenvalue weighted by molar-refractivity contribution is 7.19. The molecule has 0 saturated carbocycles. The van der Waals surface area contributed by atoms with E-state index in [-0.39, 0.29) is 26.5 Å². The van der Waals surface area contributed by atoms with Crippen molar-refractivity contribution in [2.24, 2.45) is 0 Å². The van der Waals surface area contributed by atoms with E-state index in [9.17, 15) is 13.2 Å². The molecule has 134 valence electrons. The van der Waals surface area contributed by atoms with Gasteiger partial charge in [0.15, 0.2) is 11.5 Å². The van der Waals surface area contributed by atoms with Crippen molar-refractivity contribution in [2.75, 3.05) is 20.0 Å². The lowest BCUT2D eigenvalue weighted by atomic mass is 10.0. The molecule has 0 aliphatic rings. The standard InChI is InChI=1S/C17H12F3N3O2S/c1-24-11-4-3-8(5-12(11)25-2)10-6-9(17(18,19)20)14-15(22)13(7-21)26-16(14)23-10/h3-6H,22H2,1-2H3. The monoisotopic (exact) mass is 379 g/mol. The maximum atomic E-state index is 13.6. The molecule has 3 rings (SSSR count). The number of alkyl halides is 3. The van der Waals surface area contributed by atoms with Gasteiger partial charge in [0.25, 0.3) is 0 Å². The average molecular weight is 379 g/mol. The Hall–Kier alpha value is -2.99.